The van der Waals surface area contributed by atoms with Crippen LogP contribution in [0.2, 0.25) is 5.02 Å². The van der Waals surface area contributed by atoms with E-state index in [1.54, 1.807) is 6.92 Å². The molecule has 5 nitrogen and oxygen atoms in total. The van der Waals surface area contributed by atoms with Crippen LogP contribution in [0.15, 0.2) is 23.1 Å². The maximum absolute atomic E-state index is 12.1. The Morgan fingerprint density at radius 3 is 2.70 bits per heavy atom. The first-order valence-electron chi connectivity index (χ1n) is 5.98. The molecule has 0 aliphatic heterocycles. The molecule has 0 aliphatic carbocycles. The molecule has 20 heavy (non-hydrogen) atoms. The van der Waals surface area contributed by atoms with Crippen LogP contribution in [0.3, 0.4) is 0 Å². The minimum absolute atomic E-state index is 0.0112. The minimum Gasteiger partial charge on any atom is -0.389 e. The summed E-state index contributed by atoms with van der Waals surface area (Å²) in [5.41, 5.74) is 5.98. The van der Waals surface area contributed by atoms with Crippen molar-refractivity contribution >= 4 is 38.8 Å². The first kappa shape index (κ1) is 17.3. The third-order valence-corrected chi connectivity index (χ3v) is 4.66. The van der Waals surface area contributed by atoms with E-state index in [1.807, 2.05) is 6.92 Å². The van der Waals surface area contributed by atoms with Gasteiger partial charge in [-0.15, -0.1) is 0 Å². The lowest BCUT2D eigenvalue weighted by molar-refractivity contribution is 0.0799. The second-order valence-corrected chi connectivity index (χ2v) is 6.71. The molecule has 1 rings (SSSR count). The number of hydrogen-bond donors (Lipinski definition) is 2. The van der Waals surface area contributed by atoms with Gasteiger partial charge in [-0.3, -0.25) is 0 Å². The van der Waals surface area contributed by atoms with Gasteiger partial charge in [-0.25, -0.2) is 13.1 Å². The molecule has 0 aromatic heterocycles. The van der Waals surface area contributed by atoms with Crippen LogP contribution in [0.1, 0.15) is 19.4 Å². The molecule has 0 aliphatic rings. The van der Waals surface area contributed by atoms with E-state index in [1.165, 1.54) is 18.2 Å². The van der Waals surface area contributed by atoms with Crippen LogP contribution in [-0.2, 0) is 14.8 Å². The zero-order valence-corrected chi connectivity index (χ0v) is 13.6. The topological polar surface area (TPSA) is 81.4 Å². The van der Waals surface area contributed by atoms with Crippen LogP contribution < -0.4 is 10.5 Å². The molecule has 0 saturated heterocycles. The van der Waals surface area contributed by atoms with Gasteiger partial charge in [-0.2, -0.15) is 0 Å². The molecule has 8 heteroatoms. The van der Waals surface area contributed by atoms with Gasteiger partial charge in [-0.1, -0.05) is 29.9 Å². The molecule has 1 aromatic carbocycles. The lowest BCUT2D eigenvalue weighted by atomic mass is 10.2. The Hall–Kier alpha value is -0.730. The SMILES string of the molecule is CCOC(C)CNS(=O)(=O)c1ccc(C(N)=S)cc1Cl. The monoisotopic (exact) mass is 336 g/mol. The molecule has 112 valence electrons. The van der Waals surface area contributed by atoms with Crippen LogP contribution in [-0.4, -0.2) is 32.7 Å². The Morgan fingerprint density at radius 1 is 1.55 bits per heavy atom. The summed E-state index contributed by atoms with van der Waals surface area (Å²) >= 11 is 10.8. The van der Waals surface area contributed by atoms with Crippen LogP contribution in [0, 0.1) is 0 Å². The number of halogens is 1. The van der Waals surface area contributed by atoms with Crippen LogP contribution in [0.25, 0.3) is 0 Å². The van der Waals surface area contributed by atoms with Crippen molar-refractivity contribution in [2.75, 3.05) is 13.2 Å². The maximum Gasteiger partial charge on any atom is 0.242 e. The predicted molar refractivity (Wildman–Crippen MR) is 83.6 cm³/mol. The highest BCUT2D eigenvalue weighted by Crippen LogP contribution is 2.22. The third-order valence-electron chi connectivity index (χ3n) is 2.52. The molecule has 1 atom stereocenters. The van der Waals surface area contributed by atoms with Crippen molar-refractivity contribution in [3.63, 3.8) is 0 Å². The van der Waals surface area contributed by atoms with Gasteiger partial charge in [0.2, 0.25) is 10.0 Å². The van der Waals surface area contributed by atoms with E-state index in [9.17, 15) is 8.42 Å². The van der Waals surface area contributed by atoms with Gasteiger partial charge < -0.3 is 10.5 Å². The van der Waals surface area contributed by atoms with Crippen LogP contribution in [0.5, 0.6) is 0 Å². The fourth-order valence-corrected chi connectivity index (χ4v) is 3.30. The summed E-state index contributed by atoms with van der Waals surface area (Å²) in [5.74, 6) is 0. The number of sulfonamides is 1. The van der Waals surface area contributed by atoms with Crippen molar-refractivity contribution in [2.45, 2.75) is 24.8 Å². The van der Waals surface area contributed by atoms with E-state index in [4.69, 9.17) is 34.3 Å². The molecule has 3 N–H and O–H groups in total. The fraction of sp³-hybridized carbons (Fsp3) is 0.417. The first-order chi connectivity index (χ1) is 9.27. The normalized spacial score (nSPS) is 13.2. The Morgan fingerprint density at radius 2 is 2.20 bits per heavy atom. The van der Waals surface area contributed by atoms with E-state index >= 15 is 0 Å². The third kappa shape index (κ3) is 4.68. The lowest BCUT2D eigenvalue weighted by Crippen LogP contribution is -2.32. The largest absolute Gasteiger partial charge is 0.389 e. The van der Waals surface area contributed by atoms with Crippen molar-refractivity contribution < 1.29 is 13.2 Å². The number of rotatable bonds is 7. The Balaban J connectivity index is 2.90. The Labute approximate surface area is 129 Å². The van der Waals surface area contributed by atoms with Gasteiger partial charge in [0.1, 0.15) is 9.88 Å². The van der Waals surface area contributed by atoms with Gasteiger partial charge in [0.25, 0.3) is 0 Å². The maximum atomic E-state index is 12.1. The summed E-state index contributed by atoms with van der Waals surface area (Å²) in [6.07, 6.45) is -0.218. The molecule has 0 heterocycles. The number of benzene rings is 1. The number of nitrogens with one attached hydrogen (secondary N) is 1. The quantitative estimate of drug-likeness (QED) is 0.740. The van der Waals surface area contributed by atoms with Gasteiger partial charge in [0, 0.05) is 18.7 Å². The zero-order valence-electron chi connectivity index (χ0n) is 11.2. The van der Waals surface area contributed by atoms with Crippen molar-refractivity contribution in [3.8, 4) is 0 Å². The van der Waals surface area contributed by atoms with Gasteiger partial charge >= 0.3 is 0 Å². The lowest BCUT2D eigenvalue weighted by Gasteiger charge is -2.14. The highest BCUT2D eigenvalue weighted by molar-refractivity contribution is 7.89. The van der Waals surface area contributed by atoms with Crippen molar-refractivity contribution in [3.05, 3.63) is 28.8 Å². The second kappa shape index (κ2) is 7.33. The number of nitrogens with two attached hydrogens (primary N) is 1. The molecule has 0 amide bonds. The second-order valence-electron chi connectivity index (χ2n) is 4.13. The van der Waals surface area contributed by atoms with E-state index < -0.39 is 10.0 Å². The standard InChI is InChI=1S/C12H17ClN2O3S2/c1-3-18-8(2)7-15-20(16,17)11-5-4-9(12(14)19)6-10(11)13/h4-6,8,15H,3,7H2,1-2H3,(H2,14,19). The summed E-state index contributed by atoms with van der Waals surface area (Å²) in [7, 11) is -3.69. The number of ether oxygens (including phenoxy) is 1. The summed E-state index contributed by atoms with van der Waals surface area (Å²) < 4.78 is 32.0. The van der Waals surface area contributed by atoms with E-state index in [2.05, 4.69) is 4.72 Å². The summed E-state index contributed by atoms with van der Waals surface area (Å²) in [5, 5.41) is 0.0758. The van der Waals surface area contributed by atoms with Crippen molar-refractivity contribution in [1.82, 2.24) is 4.72 Å². The minimum atomic E-state index is -3.69. The van der Waals surface area contributed by atoms with E-state index in [-0.39, 0.29) is 27.6 Å². The molecule has 0 spiro atoms. The highest BCUT2D eigenvalue weighted by Gasteiger charge is 2.19. The van der Waals surface area contributed by atoms with E-state index in [0.717, 1.165) is 0 Å². The fourth-order valence-electron chi connectivity index (χ4n) is 1.52. The Bertz CT molecular complexity index is 590. The van der Waals surface area contributed by atoms with Crippen molar-refractivity contribution in [1.29, 1.82) is 0 Å². The average molecular weight is 337 g/mol. The molecule has 0 saturated carbocycles. The van der Waals surface area contributed by atoms with Crippen LogP contribution >= 0.6 is 23.8 Å². The van der Waals surface area contributed by atoms with Gasteiger partial charge in [-0.05, 0) is 26.0 Å². The molecule has 0 bridgehead atoms. The molecular formula is C12H17ClN2O3S2. The average Bonchev–Trinajstić information content (AvgIpc) is 2.36. The number of hydrogen-bond acceptors (Lipinski definition) is 4. The summed E-state index contributed by atoms with van der Waals surface area (Å²) in [4.78, 5) is 0.150. The molecular weight excluding hydrogens is 320 g/mol. The van der Waals surface area contributed by atoms with E-state index in [0.29, 0.717) is 12.2 Å². The molecule has 0 fully saturated rings. The molecule has 0 radical (unpaired) electrons. The predicted octanol–water partition coefficient (Wildman–Crippen LogP) is 1.68. The summed E-state index contributed by atoms with van der Waals surface area (Å²) in [6.45, 7) is 4.32. The molecule has 1 aromatic rings. The zero-order chi connectivity index (χ0) is 15.3. The highest BCUT2D eigenvalue weighted by atomic mass is 35.5. The summed E-state index contributed by atoms with van der Waals surface area (Å²) in [6, 6.07) is 4.34. The number of thiocarbonyl (C=S) groups is 1. The smallest absolute Gasteiger partial charge is 0.242 e. The van der Waals surface area contributed by atoms with Crippen LogP contribution in [0.4, 0.5) is 0 Å². The molecule has 1 unspecified atom stereocenters. The first-order valence-corrected chi connectivity index (χ1v) is 8.25. The van der Waals surface area contributed by atoms with Gasteiger partial charge in [0.15, 0.2) is 0 Å². The Kier molecular flexibility index (Phi) is 6.35. The van der Waals surface area contributed by atoms with Gasteiger partial charge in [0.05, 0.1) is 11.1 Å². The van der Waals surface area contributed by atoms with Crippen molar-refractivity contribution in [2.24, 2.45) is 5.73 Å².